The van der Waals surface area contributed by atoms with Crippen molar-refractivity contribution in [3.05, 3.63) is 29.3 Å². The van der Waals surface area contributed by atoms with E-state index < -0.39 is 0 Å². The summed E-state index contributed by atoms with van der Waals surface area (Å²) >= 11 is 0. The van der Waals surface area contributed by atoms with Crippen LogP contribution >= 0.6 is 0 Å². The Morgan fingerprint density at radius 1 is 1.14 bits per heavy atom. The number of hydrogen-bond acceptors (Lipinski definition) is 3. The van der Waals surface area contributed by atoms with Gasteiger partial charge in [0.2, 0.25) is 0 Å². The van der Waals surface area contributed by atoms with Gasteiger partial charge in [-0.15, -0.1) is 0 Å². The number of benzene rings is 1. The van der Waals surface area contributed by atoms with Crippen molar-refractivity contribution in [2.75, 3.05) is 18.0 Å². The standard InChI is InChI=1S/C11H9N3/c12-7-9-2-3-11(10(6-9)8-13)14-4-1-5-14/h2-3,6H,1,4-5H2. The van der Waals surface area contributed by atoms with Crippen molar-refractivity contribution in [3.63, 3.8) is 0 Å². The molecule has 1 aromatic carbocycles. The molecular formula is C11H9N3. The van der Waals surface area contributed by atoms with E-state index in [2.05, 4.69) is 11.0 Å². The molecule has 68 valence electrons. The minimum absolute atomic E-state index is 0.547. The zero-order valence-electron chi connectivity index (χ0n) is 7.70. The molecule has 0 N–H and O–H groups in total. The Hall–Kier alpha value is -2.00. The van der Waals surface area contributed by atoms with Crippen LogP contribution in [0.2, 0.25) is 0 Å². The minimum atomic E-state index is 0.547. The Bertz CT molecular complexity index is 433. The van der Waals surface area contributed by atoms with E-state index in [-0.39, 0.29) is 0 Å². The molecular weight excluding hydrogens is 174 g/mol. The van der Waals surface area contributed by atoms with Crippen molar-refractivity contribution < 1.29 is 0 Å². The SMILES string of the molecule is N#Cc1ccc(N2CCC2)c(C#N)c1. The van der Waals surface area contributed by atoms with Crippen LogP contribution in [0.3, 0.4) is 0 Å². The molecule has 1 saturated heterocycles. The van der Waals surface area contributed by atoms with Crippen LogP contribution in [0.25, 0.3) is 0 Å². The fourth-order valence-electron chi connectivity index (χ4n) is 1.53. The van der Waals surface area contributed by atoms with Gasteiger partial charge in [0, 0.05) is 13.1 Å². The summed E-state index contributed by atoms with van der Waals surface area (Å²) in [6.45, 7) is 2.03. The maximum atomic E-state index is 8.92. The molecule has 1 fully saturated rings. The Morgan fingerprint density at radius 3 is 2.43 bits per heavy atom. The van der Waals surface area contributed by atoms with Crippen molar-refractivity contribution in [2.24, 2.45) is 0 Å². The van der Waals surface area contributed by atoms with Gasteiger partial charge in [-0.1, -0.05) is 0 Å². The molecule has 0 aromatic heterocycles. The number of nitriles is 2. The third kappa shape index (κ3) is 1.30. The van der Waals surface area contributed by atoms with Crippen LogP contribution in [0, 0.1) is 22.7 Å². The first-order valence-electron chi connectivity index (χ1n) is 4.54. The second kappa shape index (κ2) is 3.40. The third-order valence-corrected chi connectivity index (χ3v) is 2.44. The van der Waals surface area contributed by atoms with Crippen molar-refractivity contribution in [1.29, 1.82) is 10.5 Å². The first-order valence-corrected chi connectivity index (χ1v) is 4.54. The molecule has 3 nitrogen and oxygen atoms in total. The summed E-state index contributed by atoms with van der Waals surface area (Å²) in [5.74, 6) is 0. The highest BCUT2D eigenvalue weighted by Crippen LogP contribution is 2.25. The summed E-state index contributed by atoms with van der Waals surface area (Å²) in [6, 6.07) is 9.42. The highest BCUT2D eigenvalue weighted by Gasteiger charge is 2.17. The van der Waals surface area contributed by atoms with E-state index in [9.17, 15) is 0 Å². The largest absolute Gasteiger partial charge is 0.370 e. The van der Waals surface area contributed by atoms with E-state index in [1.54, 1.807) is 12.1 Å². The number of rotatable bonds is 1. The average molecular weight is 183 g/mol. The van der Waals surface area contributed by atoms with Crippen LogP contribution in [-0.2, 0) is 0 Å². The first-order chi connectivity index (χ1) is 6.85. The molecule has 0 unspecified atom stereocenters. The molecule has 0 saturated carbocycles. The Balaban J connectivity index is 2.41. The summed E-state index contributed by atoms with van der Waals surface area (Å²) < 4.78 is 0. The van der Waals surface area contributed by atoms with Gasteiger partial charge in [0.25, 0.3) is 0 Å². The fourth-order valence-corrected chi connectivity index (χ4v) is 1.53. The lowest BCUT2D eigenvalue weighted by Crippen LogP contribution is -2.37. The lowest BCUT2D eigenvalue weighted by atomic mass is 10.1. The molecule has 3 heteroatoms. The molecule has 2 rings (SSSR count). The first kappa shape index (κ1) is 8.59. The van der Waals surface area contributed by atoms with E-state index in [1.807, 2.05) is 12.1 Å². The van der Waals surface area contributed by atoms with Crippen LogP contribution in [0.5, 0.6) is 0 Å². The quantitative estimate of drug-likeness (QED) is 0.665. The number of nitrogens with zero attached hydrogens (tertiary/aromatic N) is 3. The number of hydrogen-bond donors (Lipinski definition) is 0. The Kier molecular flexibility index (Phi) is 2.08. The maximum Gasteiger partial charge on any atom is 0.101 e. The zero-order valence-corrected chi connectivity index (χ0v) is 7.70. The Morgan fingerprint density at radius 2 is 1.93 bits per heavy atom. The molecule has 1 aliphatic heterocycles. The van der Waals surface area contributed by atoms with Crippen LogP contribution in [0.15, 0.2) is 18.2 Å². The molecule has 1 heterocycles. The molecule has 1 aliphatic rings. The van der Waals surface area contributed by atoms with Crippen LogP contribution < -0.4 is 4.90 Å². The molecule has 0 amide bonds. The summed E-state index contributed by atoms with van der Waals surface area (Å²) in [5, 5.41) is 17.6. The highest BCUT2D eigenvalue weighted by molar-refractivity contribution is 5.62. The van der Waals surface area contributed by atoms with Gasteiger partial charge in [-0.2, -0.15) is 10.5 Å². The van der Waals surface area contributed by atoms with Crippen LogP contribution in [-0.4, -0.2) is 13.1 Å². The van der Waals surface area contributed by atoms with E-state index in [0.717, 1.165) is 18.8 Å². The van der Waals surface area contributed by atoms with Crippen molar-refractivity contribution in [2.45, 2.75) is 6.42 Å². The van der Waals surface area contributed by atoms with Gasteiger partial charge in [-0.05, 0) is 24.6 Å². The van der Waals surface area contributed by atoms with Crippen LogP contribution in [0.1, 0.15) is 17.5 Å². The fraction of sp³-hybridized carbons (Fsp3) is 0.273. The molecule has 0 atom stereocenters. The smallest absolute Gasteiger partial charge is 0.101 e. The van der Waals surface area contributed by atoms with E-state index in [4.69, 9.17) is 10.5 Å². The minimum Gasteiger partial charge on any atom is -0.370 e. The summed E-state index contributed by atoms with van der Waals surface area (Å²) in [5.41, 5.74) is 2.10. The third-order valence-electron chi connectivity index (χ3n) is 2.44. The van der Waals surface area contributed by atoms with Crippen molar-refractivity contribution >= 4 is 5.69 Å². The van der Waals surface area contributed by atoms with Gasteiger partial charge >= 0.3 is 0 Å². The highest BCUT2D eigenvalue weighted by atomic mass is 15.2. The second-order valence-electron chi connectivity index (χ2n) is 3.30. The lowest BCUT2D eigenvalue weighted by molar-refractivity contribution is 0.617. The zero-order chi connectivity index (χ0) is 9.97. The molecule has 0 aliphatic carbocycles. The lowest BCUT2D eigenvalue weighted by Gasteiger charge is -2.33. The van der Waals surface area contributed by atoms with Crippen molar-refractivity contribution in [1.82, 2.24) is 0 Å². The average Bonchev–Trinajstić information content (AvgIpc) is 2.16. The van der Waals surface area contributed by atoms with Gasteiger partial charge in [0.15, 0.2) is 0 Å². The maximum absolute atomic E-state index is 8.92. The number of anilines is 1. The monoisotopic (exact) mass is 183 g/mol. The summed E-state index contributed by atoms with van der Waals surface area (Å²) in [4.78, 5) is 2.15. The van der Waals surface area contributed by atoms with E-state index in [1.165, 1.54) is 6.42 Å². The Labute approximate surface area is 82.8 Å². The predicted molar refractivity (Wildman–Crippen MR) is 52.7 cm³/mol. The van der Waals surface area contributed by atoms with Gasteiger partial charge in [-0.25, -0.2) is 0 Å². The summed E-state index contributed by atoms with van der Waals surface area (Å²) in [7, 11) is 0. The van der Waals surface area contributed by atoms with Gasteiger partial charge < -0.3 is 4.90 Å². The molecule has 0 spiro atoms. The van der Waals surface area contributed by atoms with Gasteiger partial charge in [0.1, 0.15) is 6.07 Å². The van der Waals surface area contributed by atoms with Gasteiger partial charge in [0.05, 0.1) is 22.9 Å². The van der Waals surface area contributed by atoms with Crippen LogP contribution in [0.4, 0.5) is 5.69 Å². The summed E-state index contributed by atoms with van der Waals surface area (Å²) in [6.07, 6.45) is 1.19. The molecule has 1 aromatic rings. The van der Waals surface area contributed by atoms with E-state index >= 15 is 0 Å². The second-order valence-corrected chi connectivity index (χ2v) is 3.30. The van der Waals surface area contributed by atoms with E-state index in [0.29, 0.717) is 11.1 Å². The topological polar surface area (TPSA) is 50.8 Å². The molecule has 14 heavy (non-hydrogen) atoms. The molecule has 0 bridgehead atoms. The normalized spacial score (nSPS) is 14.0. The van der Waals surface area contributed by atoms with Gasteiger partial charge in [-0.3, -0.25) is 0 Å². The predicted octanol–water partition coefficient (Wildman–Crippen LogP) is 1.64. The molecule has 0 radical (unpaired) electrons. The van der Waals surface area contributed by atoms with Crippen molar-refractivity contribution in [3.8, 4) is 12.1 Å².